The molecule has 0 amide bonds. The SMILES string of the molecule is CSc1cccc(CN(C)c2cc(C3CC(N)C3)ncn2)c1.Cl.Cl. The Bertz CT molecular complexity index is 650. The normalized spacial score (nSPS) is 18.8. The Kier molecular flexibility index (Phi) is 8.30. The first-order chi connectivity index (χ1) is 10.7. The van der Waals surface area contributed by atoms with Crippen LogP contribution < -0.4 is 10.6 Å². The maximum atomic E-state index is 5.88. The van der Waals surface area contributed by atoms with Crippen molar-refractivity contribution in [2.45, 2.75) is 36.2 Å². The van der Waals surface area contributed by atoms with E-state index in [1.807, 2.05) is 0 Å². The zero-order valence-electron chi connectivity index (χ0n) is 13.9. The molecule has 1 fully saturated rings. The smallest absolute Gasteiger partial charge is 0.132 e. The third kappa shape index (κ3) is 4.99. The minimum absolute atomic E-state index is 0. The van der Waals surface area contributed by atoms with Gasteiger partial charge in [-0.05, 0) is 36.8 Å². The maximum absolute atomic E-state index is 5.88. The van der Waals surface area contributed by atoms with E-state index in [1.54, 1.807) is 18.1 Å². The molecule has 1 aliphatic carbocycles. The first-order valence-electron chi connectivity index (χ1n) is 7.57. The summed E-state index contributed by atoms with van der Waals surface area (Å²) in [4.78, 5) is 12.3. The second kappa shape index (κ2) is 9.47. The van der Waals surface area contributed by atoms with Gasteiger partial charge in [-0.3, -0.25) is 0 Å². The Morgan fingerprint density at radius 1 is 1.21 bits per heavy atom. The Balaban J connectivity index is 0.00000144. The molecular weight excluding hydrogens is 363 g/mol. The van der Waals surface area contributed by atoms with Crippen molar-refractivity contribution in [1.29, 1.82) is 0 Å². The second-order valence-electron chi connectivity index (χ2n) is 5.94. The molecule has 0 unspecified atom stereocenters. The van der Waals surface area contributed by atoms with Crippen LogP contribution in [0.5, 0.6) is 0 Å². The number of hydrogen-bond donors (Lipinski definition) is 1. The van der Waals surface area contributed by atoms with E-state index in [4.69, 9.17) is 5.73 Å². The van der Waals surface area contributed by atoms with E-state index in [0.717, 1.165) is 30.9 Å². The standard InChI is InChI=1S/C17H22N4S.2ClH/c1-21(10-12-4-3-5-15(6-12)22-2)17-9-16(19-11-20-17)13-7-14(18)8-13;;/h3-6,9,11,13-14H,7-8,10,18H2,1-2H3;2*1H. The van der Waals surface area contributed by atoms with Crippen LogP contribution >= 0.6 is 36.6 Å². The van der Waals surface area contributed by atoms with Gasteiger partial charge in [-0.1, -0.05) is 12.1 Å². The number of hydrogen-bond acceptors (Lipinski definition) is 5. The maximum Gasteiger partial charge on any atom is 0.132 e. The lowest BCUT2D eigenvalue weighted by atomic mass is 9.78. The summed E-state index contributed by atoms with van der Waals surface area (Å²) in [6.07, 6.45) is 5.85. The van der Waals surface area contributed by atoms with Crippen LogP contribution in [0.15, 0.2) is 41.6 Å². The summed E-state index contributed by atoms with van der Waals surface area (Å²) < 4.78 is 0. The fraction of sp³-hybridized carbons (Fsp3) is 0.412. The average molecular weight is 387 g/mol. The molecule has 1 aliphatic rings. The van der Waals surface area contributed by atoms with Gasteiger partial charge in [0.1, 0.15) is 12.1 Å². The van der Waals surface area contributed by atoms with Crippen molar-refractivity contribution in [3.63, 3.8) is 0 Å². The van der Waals surface area contributed by atoms with Crippen LogP contribution in [0.3, 0.4) is 0 Å². The number of benzene rings is 1. The van der Waals surface area contributed by atoms with Crippen LogP contribution in [0.4, 0.5) is 5.82 Å². The van der Waals surface area contributed by atoms with Gasteiger partial charge in [-0.2, -0.15) is 0 Å². The van der Waals surface area contributed by atoms with Gasteiger partial charge < -0.3 is 10.6 Å². The van der Waals surface area contributed by atoms with E-state index in [1.165, 1.54) is 10.5 Å². The van der Waals surface area contributed by atoms with Crippen LogP contribution in [0.25, 0.3) is 0 Å². The minimum Gasteiger partial charge on any atom is -0.355 e. The minimum atomic E-state index is 0. The first kappa shape index (κ1) is 21.0. The van der Waals surface area contributed by atoms with Gasteiger partial charge in [0.05, 0.1) is 0 Å². The fourth-order valence-corrected chi connectivity index (χ4v) is 3.31. The molecule has 1 aromatic carbocycles. The van der Waals surface area contributed by atoms with Crippen LogP contribution in [0.2, 0.25) is 0 Å². The molecule has 7 heteroatoms. The molecule has 1 aromatic heterocycles. The van der Waals surface area contributed by atoms with Gasteiger partial charge in [0.25, 0.3) is 0 Å². The van der Waals surface area contributed by atoms with Crippen molar-refractivity contribution in [3.8, 4) is 0 Å². The summed E-state index contributed by atoms with van der Waals surface area (Å²) in [5.41, 5.74) is 8.29. The number of halogens is 2. The molecule has 4 nitrogen and oxygen atoms in total. The quantitative estimate of drug-likeness (QED) is 0.789. The molecule has 0 bridgehead atoms. The average Bonchev–Trinajstić information content (AvgIpc) is 2.52. The summed E-state index contributed by atoms with van der Waals surface area (Å²) in [5, 5.41) is 0. The van der Waals surface area contributed by atoms with Crippen LogP contribution in [-0.4, -0.2) is 29.3 Å². The molecule has 0 spiro atoms. The molecule has 2 aromatic rings. The lowest BCUT2D eigenvalue weighted by molar-refractivity contribution is 0.345. The van der Waals surface area contributed by atoms with Crippen LogP contribution in [-0.2, 0) is 6.54 Å². The van der Waals surface area contributed by atoms with Gasteiger partial charge in [-0.25, -0.2) is 9.97 Å². The molecule has 3 rings (SSSR count). The number of anilines is 1. The summed E-state index contributed by atoms with van der Waals surface area (Å²) in [6, 6.07) is 11.1. The summed E-state index contributed by atoms with van der Waals surface area (Å²) in [6.45, 7) is 0.842. The molecule has 0 aliphatic heterocycles. The predicted octanol–water partition coefficient (Wildman–Crippen LogP) is 3.88. The van der Waals surface area contributed by atoms with Crippen molar-refractivity contribution in [2.75, 3.05) is 18.2 Å². The highest BCUT2D eigenvalue weighted by atomic mass is 35.5. The van der Waals surface area contributed by atoms with Gasteiger partial charge in [-0.15, -0.1) is 36.6 Å². The topological polar surface area (TPSA) is 55.0 Å². The van der Waals surface area contributed by atoms with Crippen LogP contribution in [0, 0.1) is 0 Å². The van der Waals surface area contributed by atoms with Gasteiger partial charge >= 0.3 is 0 Å². The van der Waals surface area contributed by atoms with E-state index in [9.17, 15) is 0 Å². The van der Waals surface area contributed by atoms with E-state index in [0.29, 0.717) is 12.0 Å². The van der Waals surface area contributed by atoms with Crippen molar-refractivity contribution in [2.24, 2.45) is 5.73 Å². The third-order valence-electron chi connectivity index (χ3n) is 4.21. The molecule has 0 radical (unpaired) electrons. The summed E-state index contributed by atoms with van der Waals surface area (Å²) in [5.74, 6) is 1.48. The van der Waals surface area contributed by atoms with Gasteiger partial charge in [0, 0.05) is 42.2 Å². The van der Waals surface area contributed by atoms with E-state index >= 15 is 0 Å². The molecule has 0 saturated heterocycles. The molecule has 1 saturated carbocycles. The lowest BCUT2D eigenvalue weighted by Crippen LogP contribution is -2.35. The van der Waals surface area contributed by atoms with Gasteiger partial charge in [0.2, 0.25) is 0 Å². The van der Waals surface area contributed by atoms with E-state index in [-0.39, 0.29) is 24.8 Å². The monoisotopic (exact) mass is 386 g/mol. The van der Waals surface area contributed by atoms with Crippen molar-refractivity contribution in [1.82, 2.24) is 9.97 Å². The molecule has 2 N–H and O–H groups in total. The van der Waals surface area contributed by atoms with Crippen molar-refractivity contribution in [3.05, 3.63) is 47.9 Å². The highest BCUT2D eigenvalue weighted by molar-refractivity contribution is 7.98. The second-order valence-corrected chi connectivity index (χ2v) is 6.82. The zero-order chi connectivity index (χ0) is 15.5. The third-order valence-corrected chi connectivity index (χ3v) is 4.94. The van der Waals surface area contributed by atoms with Crippen molar-refractivity contribution >= 4 is 42.4 Å². The highest BCUT2D eigenvalue weighted by Crippen LogP contribution is 2.35. The highest BCUT2D eigenvalue weighted by Gasteiger charge is 2.28. The molecule has 0 atom stereocenters. The Morgan fingerprint density at radius 3 is 2.62 bits per heavy atom. The molecular formula is C17H24Cl2N4S. The summed E-state index contributed by atoms with van der Waals surface area (Å²) >= 11 is 1.77. The fourth-order valence-electron chi connectivity index (χ4n) is 2.82. The number of aromatic nitrogens is 2. The van der Waals surface area contributed by atoms with E-state index in [2.05, 4.69) is 58.5 Å². The number of rotatable bonds is 5. The Hall–Kier alpha value is -1.01. The lowest BCUT2D eigenvalue weighted by Gasteiger charge is -2.32. The predicted molar refractivity (Wildman–Crippen MR) is 107 cm³/mol. The van der Waals surface area contributed by atoms with E-state index < -0.39 is 0 Å². The van der Waals surface area contributed by atoms with Crippen molar-refractivity contribution < 1.29 is 0 Å². The molecule has 1 heterocycles. The van der Waals surface area contributed by atoms with Gasteiger partial charge in [0.15, 0.2) is 0 Å². The molecule has 132 valence electrons. The number of nitrogens with two attached hydrogens (primary N) is 1. The number of nitrogens with zero attached hydrogens (tertiary/aromatic N) is 3. The summed E-state index contributed by atoms with van der Waals surface area (Å²) in [7, 11) is 2.07. The molecule has 24 heavy (non-hydrogen) atoms. The first-order valence-corrected chi connectivity index (χ1v) is 8.80. The Labute approximate surface area is 160 Å². The Morgan fingerprint density at radius 2 is 1.96 bits per heavy atom. The van der Waals surface area contributed by atoms with Crippen LogP contribution in [0.1, 0.15) is 30.0 Å². The number of thioether (sulfide) groups is 1. The zero-order valence-corrected chi connectivity index (χ0v) is 16.3. The largest absolute Gasteiger partial charge is 0.355 e.